The number of carbonyl (C=O) groups excluding carboxylic acids is 2. The van der Waals surface area contributed by atoms with E-state index < -0.39 is 21.9 Å². The normalized spacial score (nSPS) is 17.9. The van der Waals surface area contributed by atoms with Crippen LogP contribution < -0.4 is 4.90 Å². The molecule has 0 bridgehead atoms. The van der Waals surface area contributed by atoms with Crippen molar-refractivity contribution in [3.05, 3.63) is 10.6 Å². The van der Waals surface area contributed by atoms with Gasteiger partial charge in [-0.1, -0.05) is 31.1 Å². The number of aromatic nitrogens is 1. The zero-order valence-corrected chi connectivity index (χ0v) is 19.3. The third-order valence-electron chi connectivity index (χ3n) is 4.93. The molecule has 1 amide bonds. The molecule has 1 saturated heterocycles. The highest BCUT2D eigenvalue weighted by atomic mass is 32.2. The molecule has 10 heteroatoms. The first-order valence-electron chi connectivity index (χ1n) is 10.1. The largest absolute Gasteiger partial charge is 0.462 e. The molecule has 1 aromatic heterocycles. The molecule has 0 radical (unpaired) electrons. The van der Waals surface area contributed by atoms with Crippen molar-refractivity contribution < 1.29 is 22.7 Å². The van der Waals surface area contributed by atoms with Crippen molar-refractivity contribution in [2.45, 2.75) is 52.9 Å². The van der Waals surface area contributed by atoms with Gasteiger partial charge in [0.1, 0.15) is 4.88 Å². The highest BCUT2D eigenvalue weighted by Gasteiger charge is 2.34. The van der Waals surface area contributed by atoms with Crippen molar-refractivity contribution >= 4 is 38.4 Å². The molecule has 1 fully saturated rings. The van der Waals surface area contributed by atoms with Crippen LogP contribution in [0.3, 0.4) is 0 Å². The quantitative estimate of drug-likeness (QED) is 0.428. The van der Waals surface area contributed by atoms with E-state index in [0.717, 1.165) is 30.6 Å². The van der Waals surface area contributed by atoms with E-state index in [-0.39, 0.29) is 19.1 Å². The number of anilines is 1. The summed E-state index contributed by atoms with van der Waals surface area (Å²) < 4.78 is 30.3. The van der Waals surface area contributed by atoms with Gasteiger partial charge in [0.05, 0.1) is 24.5 Å². The van der Waals surface area contributed by atoms with Crippen molar-refractivity contribution in [2.24, 2.45) is 5.92 Å². The summed E-state index contributed by atoms with van der Waals surface area (Å²) in [6, 6.07) is 0. The van der Waals surface area contributed by atoms with E-state index in [2.05, 4.69) is 11.9 Å². The lowest BCUT2D eigenvalue weighted by molar-refractivity contribution is -0.123. The van der Waals surface area contributed by atoms with Gasteiger partial charge in [-0.15, -0.1) is 0 Å². The van der Waals surface area contributed by atoms with E-state index in [1.54, 1.807) is 18.7 Å². The van der Waals surface area contributed by atoms with Crippen LogP contribution in [0.15, 0.2) is 0 Å². The molecule has 1 atom stereocenters. The van der Waals surface area contributed by atoms with Gasteiger partial charge >= 0.3 is 5.97 Å². The van der Waals surface area contributed by atoms with Gasteiger partial charge in [0, 0.05) is 19.6 Å². The number of carbonyl (C=O) groups is 2. The number of thiazole rings is 1. The molecule has 1 aromatic rings. The molecule has 2 rings (SSSR count). The summed E-state index contributed by atoms with van der Waals surface area (Å²) in [5, 5.41) is 0.475. The maximum absolute atomic E-state index is 13.3. The Morgan fingerprint density at radius 2 is 2.03 bits per heavy atom. The van der Waals surface area contributed by atoms with E-state index in [0.29, 0.717) is 41.6 Å². The Balaban J connectivity index is 2.27. The number of ether oxygens (including phenoxy) is 1. The summed E-state index contributed by atoms with van der Waals surface area (Å²) in [4.78, 5) is 32.0. The van der Waals surface area contributed by atoms with Gasteiger partial charge in [-0.25, -0.2) is 22.5 Å². The van der Waals surface area contributed by atoms with Gasteiger partial charge in [0.25, 0.3) is 0 Å². The fourth-order valence-electron chi connectivity index (χ4n) is 3.37. The average molecular weight is 446 g/mol. The molecule has 1 aliphatic rings. The standard InChI is InChI=1S/C19H31N3O5S2/c1-5-7-8-12-22(19-20-14(3)16(28-19)18(24)27-6-2)17(23)15-10-9-11-21(13-15)29(4,25)26/h15H,5-13H2,1-4H3. The Morgan fingerprint density at radius 3 is 2.66 bits per heavy atom. The number of sulfonamides is 1. The molecule has 0 N–H and O–H groups in total. The molecular weight excluding hydrogens is 414 g/mol. The third-order valence-corrected chi connectivity index (χ3v) is 7.36. The first-order chi connectivity index (χ1) is 13.7. The van der Waals surface area contributed by atoms with Crippen LogP contribution in [0.2, 0.25) is 0 Å². The van der Waals surface area contributed by atoms with Gasteiger partial charge in [-0.05, 0) is 33.1 Å². The summed E-state index contributed by atoms with van der Waals surface area (Å²) in [6.45, 7) is 6.97. The van der Waals surface area contributed by atoms with E-state index >= 15 is 0 Å². The van der Waals surface area contributed by atoms with Gasteiger partial charge in [-0.3, -0.25) is 9.69 Å². The molecule has 0 aromatic carbocycles. The van der Waals surface area contributed by atoms with Crippen LogP contribution in [0.5, 0.6) is 0 Å². The molecule has 8 nitrogen and oxygen atoms in total. The maximum Gasteiger partial charge on any atom is 0.350 e. The van der Waals surface area contributed by atoms with E-state index in [4.69, 9.17) is 4.74 Å². The minimum absolute atomic E-state index is 0.126. The van der Waals surface area contributed by atoms with Crippen LogP contribution >= 0.6 is 11.3 Å². The number of amides is 1. The lowest BCUT2D eigenvalue weighted by Gasteiger charge is -2.33. The number of rotatable bonds is 9. The Labute approximate surface area is 177 Å². The summed E-state index contributed by atoms with van der Waals surface area (Å²) >= 11 is 1.16. The zero-order chi connectivity index (χ0) is 21.6. The van der Waals surface area contributed by atoms with Crippen molar-refractivity contribution in [2.75, 3.05) is 37.4 Å². The highest BCUT2D eigenvalue weighted by Crippen LogP contribution is 2.30. The second kappa shape index (κ2) is 10.5. The lowest BCUT2D eigenvalue weighted by Crippen LogP contribution is -2.46. The number of piperidine rings is 1. The first kappa shape index (κ1) is 23.8. The van der Waals surface area contributed by atoms with Gasteiger partial charge < -0.3 is 4.74 Å². The van der Waals surface area contributed by atoms with Crippen LogP contribution in [-0.4, -0.2) is 62.1 Å². The molecule has 1 unspecified atom stereocenters. The number of nitrogens with zero attached hydrogens (tertiary/aromatic N) is 3. The van der Waals surface area contributed by atoms with Crippen LogP contribution in [0.4, 0.5) is 5.13 Å². The predicted octanol–water partition coefficient (Wildman–Crippen LogP) is 2.82. The predicted molar refractivity (Wildman–Crippen MR) is 114 cm³/mol. The van der Waals surface area contributed by atoms with E-state index in [9.17, 15) is 18.0 Å². The number of aryl methyl sites for hydroxylation is 1. The first-order valence-corrected chi connectivity index (χ1v) is 12.8. The number of unbranched alkanes of at least 4 members (excludes halogenated alkanes) is 2. The highest BCUT2D eigenvalue weighted by molar-refractivity contribution is 7.88. The number of esters is 1. The minimum Gasteiger partial charge on any atom is -0.462 e. The molecule has 0 spiro atoms. The van der Waals surface area contributed by atoms with Gasteiger partial charge in [0.2, 0.25) is 15.9 Å². The summed E-state index contributed by atoms with van der Waals surface area (Å²) in [6.07, 6.45) is 5.27. The molecule has 0 aliphatic carbocycles. The second-order valence-electron chi connectivity index (χ2n) is 7.29. The molecule has 29 heavy (non-hydrogen) atoms. The number of hydrogen-bond acceptors (Lipinski definition) is 7. The zero-order valence-electron chi connectivity index (χ0n) is 17.6. The molecule has 1 aliphatic heterocycles. The Bertz CT molecular complexity index is 822. The molecule has 164 valence electrons. The maximum atomic E-state index is 13.3. The topological polar surface area (TPSA) is 96.9 Å². The molecule has 2 heterocycles. The average Bonchev–Trinajstić information content (AvgIpc) is 3.06. The second-order valence-corrected chi connectivity index (χ2v) is 10.2. The van der Waals surface area contributed by atoms with E-state index in [1.807, 2.05) is 0 Å². The van der Waals surface area contributed by atoms with E-state index in [1.165, 1.54) is 10.6 Å². The molecule has 0 saturated carbocycles. The van der Waals surface area contributed by atoms with Crippen LogP contribution in [0.25, 0.3) is 0 Å². The Hall–Kier alpha value is -1.52. The van der Waals surface area contributed by atoms with Crippen molar-refractivity contribution in [3.63, 3.8) is 0 Å². The minimum atomic E-state index is -3.34. The number of hydrogen-bond donors (Lipinski definition) is 0. The Morgan fingerprint density at radius 1 is 1.31 bits per heavy atom. The van der Waals surface area contributed by atoms with Crippen LogP contribution in [0.1, 0.15) is 61.3 Å². The van der Waals surface area contributed by atoms with Crippen LogP contribution in [-0.2, 0) is 19.6 Å². The smallest absolute Gasteiger partial charge is 0.350 e. The van der Waals surface area contributed by atoms with Gasteiger partial charge in [0.15, 0.2) is 5.13 Å². The van der Waals surface area contributed by atoms with Crippen LogP contribution in [0, 0.1) is 12.8 Å². The summed E-state index contributed by atoms with van der Waals surface area (Å²) in [5.41, 5.74) is 0.540. The Kier molecular flexibility index (Phi) is 8.59. The molecular formula is C19H31N3O5S2. The fourth-order valence-corrected chi connectivity index (χ4v) is 5.27. The van der Waals surface area contributed by atoms with Gasteiger partial charge in [-0.2, -0.15) is 0 Å². The lowest BCUT2D eigenvalue weighted by atomic mass is 9.98. The fraction of sp³-hybridized carbons (Fsp3) is 0.737. The summed E-state index contributed by atoms with van der Waals surface area (Å²) in [5.74, 6) is -0.968. The van der Waals surface area contributed by atoms with Crippen molar-refractivity contribution in [1.82, 2.24) is 9.29 Å². The third kappa shape index (κ3) is 6.23. The van der Waals surface area contributed by atoms with Crippen molar-refractivity contribution in [3.8, 4) is 0 Å². The van der Waals surface area contributed by atoms with Crippen molar-refractivity contribution in [1.29, 1.82) is 0 Å². The summed E-state index contributed by atoms with van der Waals surface area (Å²) in [7, 11) is -3.34. The SMILES string of the molecule is CCCCCN(C(=O)C1CCCN(S(C)(=O)=O)C1)c1nc(C)c(C(=O)OCC)s1. The monoisotopic (exact) mass is 445 g/mol.